The van der Waals surface area contributed by atoms with Crippen molar-refractivity contribution in [3.05, 3.63) is 0 Å². The monoisotopic (exact) mass is 262 g/mol. The van der Waals surface area contributed by atoms with Crippen LogP contribution in [0, 0.1) is 11.8 Å². The van der Waals surface area contributed by atoms with Gasteiger partial charge in [0.05, 0.1) is 0 Å². The van der Waals surface area contributed by atoms with Crippen LogP contribution in [-0.2, 0) is 4.74 Å². The fourth-order valence-electron chi connectivity index (χ4n) is 2.53. The maximum Gasteiger partial charge on any atom is 0.410 e. The summed E-state index contributed by atoms with van der Waals surface area (Å²) in [5.41, 5.74) is -0.387. The number of hydrogen-bond acceptors (Lipinski definition) is 3. The van der Waals surface area contributed by atoms with E-state index in [1.807, 2.05) is 25.7 Å². The number of nitrogens with one attached hydrogen (secondary N) is 1. The Morgan fingerprint density at radius 1 is 1.29 bits per heavy atom. The van der Waals surface area contributed by atoms with Crippen molar-refractivity contribution in [2.75, 3.05) is 26.2 Å². The molecule has 2 saturated heterocycles. The second kappa shape index (κ2) is 5.44. The van der Waals surface area contributed by atoms with Crippen LogP contribution in [-0.4, -0.2) is 42.8 Å². The molecule has 0 saturated carbocycles. The van der Waals surface area contributed by atoms with Gasteiger partial charge in [-0.1, -0.05) is 0 Å². The third kappa shape index (κ3) is 3.75. The fourth-order valence-corrected chi connectivity index (χ4v) is 2.53. The predicted molar refractivity (Wildman–Crippen MR) is 69.5 cm³/mol. The maximum atomic E-state index is 11.9. The zero-order valence-corrected chi connectivity index (χ0v) is 11.7. The zero-order valence-electron chi connectivity index (χ0n) is 10.9. The lowest BCUT2D eigenvalue weighted by Crippen LogP contribution is -2.45. The van der Waals surface area contributed by atoms with E-state index in [9.17, 15) is 4.79 Å². The minimum atomic E-state index is -0.387. The van der Waals surface area contributed by atoms with E-state index in [0.717, 1.165) is 38.5 Å². The van der Waals surface area contributed by atoms with Crippen molar-refractivity contribution in [1.82, 2.24) is 10.2 Å². The van der Waals surface area contributed by atoms with Crippen molar-refractivity contribution >= 4 is 18.5 Å². The topological polar surface area (TPSA) is 41.6 Å². The molecule has 0 spiro atoms. The Kier molecular flexibility index (Phi) is 4.67. The molecule has 0 bridgehead atoms. The van der Waals surface area contributed by atoms with Crippen LogP contribution >= 0.6 is 12.4 Å². The molecule has 4 nitrogen and oxygen atoms in total. The number of carbonyl (C=O) groups is 1. The number of nitrogens with zero attached hydrogens (tertiary/aromatic N) is 1. The van der Waals surface area contributed by atoms with Gasteiger partial charge in [-0.15, -0.1) is 12.4 Å². The summed E-state index contributed by atoms with van der Waals surface area (Å²) in [5.74, 6) is 1.39. The second-order valence-corrected chi connectivity index (χ2v) is 5.89. The first-order valence-corrected chi connectivity index (χ1v) is 6.14. The molecular weight excluding hydrogens is 240 g/mol. The lowest BCUT2D eigenvalue weighted by atomic mass is 9.89. The lowest BCUT2D eigenvalue weighted by molar-refractivity contribution is 0.0140. The molecule has 1 N–H and O–H groups in total. The van der Waals surface area contributed by atoms with E-state index in [0.29, 0.717) is 5.92 Å². The van der Waals surface area contributed by atoms with E-state index in [1.165, 1.54) is 0 Å². The molecule has 2 atom stereocenters. The number of piperidine rings is 1. The summed E-state index contributed by atoms with van der Waals surface area (Å²) >= 11 is 0. The number of likely N-dealkylation sites (tertiary alicyclic amines) is 1. The van der Waals surface area contributed by atoms with Crippen LogP contribution in [0.15, 0.2) is 0 Å². The quantitative estimate of drug-likeness (QED) is 0.725. The van der Waals surface area contributed by atoms with E-state index >= 15 is 0 Å². The molecule has 2 fully saturated rings. The first-order valence-electron chi connectivity index (χ1n) is 6.14. The molecule has 0 radical (unpaired) electrons. The van der Waals surface area contributed by atoms with Gasteiger partial charge in [-0.05, 0) is 52.1 Å². The first-order chi connectivity index (χ1) is 7.46. The van der Waals surface area contributed by atoms with Crippen molar-refractivity contribution in [3.8, 4) is 0 Å². The van der Waals surface area contributed by atoms with Gasteiger partial charge in [0.25, 0.3) is 0 Å². The highest BCUT2D eigenvalue weighted by Gasteiger charge is 2.35. The molecule has 2 aliphatic rings. The Balaban J connectivity index is 0.00000144. The van der Waals surface area contributed by atoms with Crippen LogP contribution in [0.4, 0.5) is 4.79 Å². The molecule has 0 aromatic carbocycles. The summed E-state index contributed by atoms with van der Waals surface area (Å²) < 4.78 is 5.39. The number of carbonyl (C=O) groups excluding carboxylic acids is 1. The molecule has 100 valence electrons. The molecule has 2 rings (SSSR count). The lowest BCUT2D eigenvalue weighted by Gasteiger charge is -2.35. The summed E-state index contributed by atoms with van der Waals surface area (Å²) in [7, 11) is 0. The van der Waals surface area contributed by atoms with Gasteiger partial charge >= 0.3 is 6.09 Å². The predicted octanol–water partition coefficient (Wildman–Crippen LogP) is 1.88. The van der Waals surface area contributed by atoms with Crippen LogP contribution in [0.25, 0.3) is 0 Å². The molecule has 0 aromatic rings. The molecule has 1 amide bonds. The van der Waals surface area contributed by atoms with Gasteiger partial charge in [-0.3, -0.25) is 0 Å². The van der Waals surface area contributed by atoms with Crippen LogP contribution in [0.5, 0.6) is 0 Å². The van der Waals surface area contributed by atoms with Gasteiger partial charge in [-0.2, -0.15) is 0 Å². The van der Waals surface area contributed by atoms with E-state index in [2.05, 4.69) is 5.32 Å². The van der Waals surface area contributed by atoms with Gasteiger partial charge in [0.1, 0.15) is 5.60 Å². The van der Waals surface area contributed by atoms with Crippen LogP contribution < -0.4 is 5.32 Å². The van der Waals surface area contributed by atoms with Gasteiger partial charge in [0.15, 0.2) is 0 Å². The number of halogens is 1. The van der Waals surface area contributed by atoms with Crippen LogP contribution in [0.1, 0.15) is 27.2 Å². The highest BCUT2D eigenvalue weighted by atomic mass is 35.5. The Bertz CT molecular complexity index is 278. The van der Waals surface area contributed by atoms with Crippen molar-refractivity contribution in [2.24, 2.45) is 11.8 Å². The zero-order chi connectivity index (χ0) is 11.8. The molecular formula is C12H23ClN2O2. The molecule has 2 unspecified atom stereocenters. The summed E-state index contributed by atoms with van der Waals surface area (Å²) in [4.78, 5) is 13.7. The Hall–Kier alpha value is -0.480. The molecule has 17 heavy (non-hydrogen) atoms. The number of fused-ring (bicyclic) bond motifs is 1. The molecule has 2 heterocycles. The third-order valence-electron chi connectivity index (χ3n) is 3.36. The highest BCUT2D eigenvalue weighted by Crippen LogP contribution is 2.27. The molecule has 0 aliphatic carbocycles. The standard InChI is InChI=1S/C12H22N2O2.ClH/c1-12(2,3)16-11(15)14-5-4-9-6-13-7-10(9)8-14;/h9-10,13H,4-8H2,1-3H3;1H. The van der Waals surface area contributed by atoms with Crippen molar-refractivity contribution < 1.29 is 9.53 Å². The van der Waals surface area contributed by atoms with Crippen LogP contribution in [0.3, 0.4) is 0 Å². The average Bonchev–Trinajstić information content (AvgIpc) is 2.61. The summed E-state index contributed by atoms with van der Waals surface area (Å²) in [5, 5.41) is 3.39. The average molecular weight is 263 g/mol. The maximum absolute atomic E-state index is 11.9. The van der Waals surface area contributed by atoms with Gasteiger partial charge in [0, 0.05) is 13.1 Å². The molecule has 2 aliphatic heterocycles. The number of hydrogen-bond donors (Lipinski definition) is 1. The largest absolute Gasteiger partial charge is 0.444 e. The van der Waals surface area contributed by atoms with Crippen molar-refractivity contribution in [2.45, 2.75) is 32.8 Å². The van der Waals surface area contributed by atoms with Crippen molar-refractivity contribution in [3.63, 3.8) is 0 Å². The highest BCUT2D eigenvalue weighted by molar-refractivity contribution is 5.85. The van der Waals surface area contributed by atoms with E-state index in [-0.39, 0.29) is 24.1 Å². The SMILES string of the molecule is CC(C)(C)OC(=O)N1CCC2CNCC2C1.Cl. The second-order valence-electron chi connectivity index (χ2n) is 5.89. The van der Waals surface area contributed by atoms with Gasteiger partial charge in [-0.25, -0.2) is 4.79 Å². The van der Waals surface area contributed by atoms with E-state index in [1.54, 1.807) is 0 Å². The summed E-state index contributed by atoms with van der Waals surface area (Å²) in [6, 6.07) is 0. The summed E-state index contributed by atoms with van der Waals surface area (Å²) in [6.45, 7) is 9.60. The van der Waals surface area contributed by atoms with E-state index in [4.69, 9.17) is 4.74 Å². The van der Waals surface area contributed by atoms with Gasteiger partial charge < -0.3 is 15.0 Å². The Labute approximate surface area is 109 Å². The smallest absolute Gasteiger partial charge is 0.410 e. The van der Waals surface area contributed by atoms with E-state index < -0.39 is 0 Å². The minimum Gasteiger partial charge on any atom is -0.444 e. The number of rotatable bonds is 0. The molecule has 0 aromatic heterocycles. The first kappa shape index (κ1) is 14.6. The van der Waals surface area contributed by atoms with Crippen LogP contribution in [0.2, 0.25) is 0 Å². The number of ether oxygens (including phenoxy) is 1. The normalized spacial score (nSPS) is 28.3. The van der Waals surface area contributed by atoms with Gasteiger partial charge in [0.2, 0.25) is 0 Å². The number of amides is 1. The third-order valence-corrected chi connectivity index (χ3v) is 3.36. The molecule has 5 heteroatoms. The van der Waals surface area contributed by atoms with Crippen molar-refractivity contribution in [1.29, 1.82) is 0 Å². The Morgan fingerprint density at radius 3 is 2.59 bits per heavy atom. The Morgan fingerprint density at radius 2 is 1.94 bits per heavy atom. The minimum absolute atomic E-state index is 0. The summed E-state index contributed by atoms with van der Waals surface area (Å²) in [6.07, 6.45) is 0.953. The fraction of sp³-hybridized carbons (Fsp3) is 0.917.